The number of piperazine rings is 1. The van der Waals surface area contributed by atoms with Crippen molar-refractivity contribution in [3.05, 3.63) is 30.4 Å². The molecule has 9 heteroatoms. The van der Waals surface area contributed by atoms with Crippen LogP contribution < -0.4 is 10.6 Å². The van der Waals surface area contributed by atoms with Crippen LogP contribution in [0.5, 0.6) is 0 Å². The topological polar surface area (TPSA) is 93.4 Å². The van der Waals surface area contributed by atoms with Gasteiger partial charge in [0.1, 0.15) is 18.0 Å². The Kier molecular flexibility index (Phi) is 3.34. The average Bonchev–Trinajstić information content (AvgIpc) is 3.17. The van der Waals surface area contributed by atoms with Gasteiger partial charge in [-0.1, -0.05) is 0 Å². The molecular weight excluding hydrogens is 294 g/mol. The molecule has 0 aliphatic carbocycles. The third kappa shape index (κ3) is 2.70. The van der Waals surface area contributed by atoms with Crippen LogP contribution in [0.2, 0.25) is 0 Å². The number of hydrogen-bond donors (Lipinski definition) is 1. The summed E-state index contributed by atoms with van der Waals surface area (Å²) >= 11 is 0. The van der Waals surface area contributed by atoms with Gasteiger partial charge < -0.3 is 10.6 Å². The maximum Gasteiger partial charge on any atom is 0.256 e. The second kappa shape index (κ2) is 5.51. The second-order valence-corrected chi connectivity index (χ2v) is 5.80. The van der Waals surface area contributed by atoms with Crippen LogP contribution in [-0.2, 0) is 13.6 Å². The van der Waals surface area contributed by atoms with E-state index in [4.69, 9.17) is 5.73 Å². The highest BCUT2D eigenvalue weighted by Crippen LogP contribution is 2.18. The maximum absolute atomic E-state index is 6.01. The van der Waals surface area contributed by atoms with Crippen LogP contribution in [0.4, 0.5) is 11.6 Å². The zero-order chi connectivity index (χ0) is 15.8. The van der Waals surface area contributed by atoms with Crippen molar-refractivity contribution < 1.29 is 0 Å². The van der Waals surface area contributed by atoms with Crippen LogP contribution >= 0.6 is 0 Å². The number of fused-ring (bicyclic) bond motifs is 1. The van der Waals surface area contributed by atoms with Crippen LogP contribution in [0.3, 0.4) is 0 Å². The lowest BCUT2D eigenvalue weighted by molar-refractivity contribution is 0.249. The molecule has 2 N–H and O–H groups in total. The molecule has 120 valence electrons. The van der Waals surface area contributed by atoms with Gasteiger partial charge in [0.2, 0.25) is 0 Å². The van der Waals surface area contributed by atoms with Crippen molar-refractivity contribution in [1.29, 1.82) is 0 Å². The molecule has 0 atom stereocenters. The van der Waals surface area contributed by atoms with Crippen LogP contribution in [0, 0.1) is 0 Å². The average molecular weight is 313 g/mol. The highest BCUT2D eigenvalue weighted by atomic mass is 15.4. The molecule has 0 spiro atoms. The second-order valence-electron chi connectivity index (χ2n) is 5.80. The molecule has 23 heavy (non-hydrogen) atoms. The molecule has 4 heterocycles. The highest BCUT2D eigenvalue weighted by Gasteiger charge is 2.19. The van der Waals surface area contributed by atoms with Crippen LogP contribution in [0.15, 0.2) is 24.8 Å². The monoisotopic (exact) mass is 313 g/mol. The molecule has 4 rings (SSSR count). The Balaban J connectivity index is 1.44. The Morgan fingerprint density at radius 1 is 1.17 bits per heavy atom. The standard InChI is InChI=1S/C14H19N9/c1-20-8-11(7-17-20)9-21-2-4-22(5-3-21)13-6-12(15)23-14(19-13)16-10-18-23/h6-8,10H,2-5,9,15H2,1H3. The van der Waals surface area contributed by atoms with Gasteiger partial charge in [-0.15, -0.1) is 0 Å². The Hall–Kier alpha value is -2.68. The summed E-state index contributed by atoms with van der Waals surface area (Å²) in [5.41, 5.74) is 7.26. The minimum absolute atomic E-state index is 0.540. The molecule has 0 saturated carbocycles. The van der Waals surface area contributed by atoms with E-state index in [2.05, 4.69) is 36.2 Å². The van der Waals surface area contributed by atoms with Crippen molar-refractivity contribution in [1.82, 2.24) is 34.3 Å². The summed E-state index contributed by atoms with van der Waals surface area (Å²) in [6, 6.07) is 1.86. The first-order valence-electron chi connectivity index (χ1n) is 7.60. The van der Waals surface area contributed by atoms with E-state index in [-0.39, 0.29) is 0 Å². The number of aryl methyl sites for hydroxylation is 1. The van der Waals surface area contributed by atoms with Gasteiger partial charge in [0.05, 0.1) is 6.20 Å². The van der Waals surface area contributed by atoms with Crippen molar-refractivity contribution in [3.63, 3.8) is 0 Å². The van der Waals surface area contributed by atoms with Crippen molar-refractivity contribution in [2.75, 3.05) is 36.8 Å². The van der Waals surface area contributed by atoms with Gasteiger partial charge >= 0.3 is 0 Å². The lowest BCUT2D eigenvalue weighted by Gasteiger charge is -2.35. The molecule has 0 radical (unpaired) electrons. The normalized spacial score (nSPS) is 16.3. The summed E-state index contributed by atoms with van der Waals surface area (Å²) in [6.45, 7) is 4.72. The van der Waals surface area contributed by atoms with Gasteiger partial charge in [-0.25, -0.2) is 0 Å². The van der Waals surface area contributed by atoms with E-state index in [0.29, 0.717) is 11.6 Å². The fourth-order valence-electron chi connectivity index (χ4n) is 2.93. The molecule has 1 fully saturated rings. The molecule has 1 aliphatic rings. The predicted octanol–water partition coefficient (Wildman–Crippen LogP) is -0.238. The largest absolute Gasteiger partial charge is 0.383 e. The number of nitrogen functional groups attached to an aromatic ring is 1. The zero-order valence-electron chi connectivity index (χ0n) is 13.0. The predicted molar refractivity (Wildman–Crippen MR) is 85.9 cm³/mol. The van der Waals surface area contributed by atoms with Gasteiger partial charge in [-0.2, -0.15) is 24.7 Å². The number of anilines is 2. The van der Waals surface area contributed by atoms with Gasteiger partial charge in [0, 0.05) is 57.6 Å². The van der Waals surface area contributed by atoms with E-state index in [1.54, 1.807) is 4.52 Å². The maximum atomic E-state index is 6.01. The van der Waals surface area contributed by atoms with E-state index in [1.165, 1.54) is 11.9 Å². The molecule has 3 aromatic heterocycles. The molecule has 0 aromatic carbocycles. The number of hydrogen-bond acceptors (Lipinski definition) is 7. The summed E-state index contributed by atoms with van der Waals surface area (Å²) < 4.78 is 3.38. The number of nitrogens with two attached hydrogens (primary N) is 1. The molecule has 3 aromatic rings. The van der Waals surface area contributed by atoms with E-state index in [0.717, 1.165) is 38.5 Å². The number of rotatable bonds is 3. The Morgan fingerprint density at radius 3 is 2.74 bits per heavy atom. The van der Waals surface area contributed by atoms with Gasteiger partial charge in [0.15, 0.2) is 0 Å². The first kappa shape index (κ1) is 13.9. The lowest BCUT2D eigenvalue weighted by atomic mass is 10.2. The molecule has 9 nitrogen and oxygen atoms in total. The molecule has 1 saturated heterocycles. The van der Waals surface area contributed by atoms with Crippen LogP contribution in [-0.4, -0.2) is 60.4 Å². The van der Waals surface area contributed by atoms with Crippen molar-refractivity contribution in [3.8, 4) is 0 Å². The summed E-state index contributed by atoms with van der Waals surface area (Å²) in [4.78, 5) is 13.3. The minimum atomic E-state index is 0.540. The summed E-state index contributed by atoms with van der Waals surface area (Å²) in [6.07, 6.45) is 5.45. The van der Waals surface area contributed by atoms with E-state index >= 15 is 0 Å². The smallest absolute Gasteiger partial charge is 0.256 e. The summed E-state index contributed by atoms with van der Waals surface area (Å²) in [5, 5.41) is 8.27. The molecule has 0 unspecified atom stereocenters. The number of aromatic nitrogens is 6. The summed E-state index contributed by atoms with van der Waals surface area (Å²) in [5.74, 6) is 1.96. The van der Waals surface area contributed by atoms with Gasteiger partial charge in [-0.3, -0.25) is 9.58 Å². The number of nitrogens with zero attached hydrogens (tertiary/aromatic N) is 8. The Labute approximate surface area is 133 Å². The van der Waals surface area contributed by atoms with Gasteiger partial charge in [-0.05, 0) is 0 Å². The fourth-order valence-corrected chi connectivity index (χ4v) is 2.93. The Bertz CT molecular complexity index is 813. The third-order valence-electron chi connectivity index (χ3n) is 4.13. The molecule has 0 amide bonds. The van der Waals surface area contributed by atoms with Crippen molar-refractivity contribution in [2.24, 2.45) is 7.05 Å². The third-order valence-corrected chi connectivity index (χ3v) is 4.13. The van der Waals surface area contributed by atoms with E-state index in [1.807, 2.05) is 24.0 Å². The SMILES string of the molecule is Cn1cc(CN2CCN(c3cc(N)n4ncnc4n3)CC2)cn1. The fraction of sp³-hybridized carbons (Fsp3) is 0.429. The van der Waals surface area contributed by atoms with Crippen molar-refractivity contribution >= 4 is 17.4 Å². The van der Waals surface area contributed by atoms with Crippen molar-refractivity contribution in [2.45, 2.75) is 6.54 Å². The van der Waals surface area contributed by atoms with Crippen LogP contribution in [0.1, 0.15) is 5.56 Å². The van der Waals surface area contributed by atoms with E-state index in [9.17, 15) is 0 Å². The van der Waals surface area contributed by atoms with Gasteiger partial charge in [0.25, 0.3) is 5.78 Å². The first-order valence-corrected chi connectivity index (χ1v) is 7.60. The van der Waals surface area contributed by atoms with Crippen LogP contribution in [0.25, 0.3) is 5.78 Å². The first-order chi connectivity index (χ1) is 11.2. The quantitative estimate of drug-likeness (QED) is 0.713. The molecule has 1 aliphatic heterocycles. The Morgan fingerprint density at radius 2 is 2.00 bits per heavy atom. The lowest BCUT2D eigenvalue weighted by Crippen LogP contribution is -2.46. The molecule has 0 bridgehead atoms. The highest BCUT2D eigenvalue weighted by molar-refractivity contribution is 5.53. The zero-order valence-corrected chi connectivity index (χ0v) is 13.0. The molecular formula is C14H19N9. The summed E-state index contributed by atoms with van der Waals surface area (Å²) in [7, 11) is 1.94. The van der Waals surface area contributed by atoms with E-state index < -0.39 is 0 Å². The minimum Gasteiger partial charge on any atom is -0.383 e.